The van der Waals surface area contributed by atoms with Gasteiger partial charge in [0.05, 0.1) is 17.4 Å². The Morgan fingerprint density at radius 3 is 3.00 bits per heavy atom. The van der Waals surface area contributed by atoms with Crippen LogP contribution in [-0.4, -0.2) is 20.1 Å². The molecule has 2 nitrogen and oxygen atoms in total. The SMILES string of the molecule is CC1(C)CC(n2cnc3ccccc32)CCS1. The molecule has 1 fully saturated rings. The van der Waals surface area contributed by atoms with Gasteiger partial charge in [-0.25, -0.2) is 4.98 Å². The van der Waals surface area contributed by atoms with E-state index in [1.165, 1.54) is 24.1 Å². The van der Waals surface area contributed by atoms with E-state index in [1.807, 2.05) is 6.33 Å². The third kappa shape index (κ3) is 2.08. The Hall–Kier alpha value is -0.960. The van der Waals surface area contributed by atoms with E-state index in [0.717, 1.165) is 5.52 Å². The normalized spacial score (nSPS) is 24.0. The minimum atomic E-state index is 0.397. The van der Waals surface area contributed by atoms with E-state index in [2.05, 4.69) is 59.4 Å². The van der Waals surface area contributed by atoms with Crippen molar-refractivity contribution in [3.05, 3.63) is 30.6 Å². The van der Waals surface area contributed by atoms with Crippen LogP contribution in [0.1, 0.15) is 32.7 Å². The van der Waals surface area contributed by atoms with Gasteiger partial charge in [-0.1, -0.05) is 26.0 Å². The summed E-state index contributed by atoms with van der Waals surface area (Å²) in [6.45, 7) is 4.70. The van der Waals surface area contributed by atoms with Gasteiger partial charge in [0.1, 0.15) is 0 Å². The van der Waals surface area contributed by atoms with Crippen LogP contribution in [0.5, 0.6) is 0 Å². The van der Waals surface area contributed by atoms with Gasteiger partial charge < -0.3 is 4.57 Å². The second kappa shape index (κ2) is 4.05. The molecule has 1 aliphatic rings. The van der Waals surface area contributed by atoms with Crippen molar-refractivity contribution < 1.29 is 0 Å². The molecule has 3 rings (SSSR count). The fraction of sp³-hybridized carbons (Fsp3) is 0.500. The van der Waals surface area contributed by atoms with Crippen LogP contribution in [0.15, 0.2) is 30.6 Å². The molecule has 1 saturated heterocycles. The topological polar surface area (TPSA) is 17.8 Å². The lowest BCUT2D eigenvalue weighted by molar-refractivity contribution is 0.406. The maximum atomic E-state index is 4.50. The van der Waals surface area contributed by atoms with Gasteiger partial charge in [-0.15, -0.1) is 0 Å². The average Bonchev–Trinajstić information content (AvgIpc) is 2.71. The van der Waals surface area contributed by atoms with Gasteiger partial charge in [0.15, 0.2) is 0 Å². The highest BCUT2D eigenvalue weighted by Crippen LogP contribution is 2.41. The first-order chi connectivity index (χ1) is 8.16. The number of para-hydroxylation sites is 2. The molecule has 1 unspecified atom stereocenters. The number of rotatable bonds is 1. The number of hydrogen-bond donors (Lipinski definition) is 0. The smallest absolute Gasteiger partial charge is 0.0960 e. The first kappa shape index (κ1) is 11.1. The molecule has 17 heavy (non-hydrogen) atoms. The predicted molar refractivity (Wildman–Crippen MR) is 74.5 cm³/mol. The van der Waals surface area contributed by atoms with Crippen LogP contribution in [-0.2, 0) is 0 Å². The molecular formula is C14H18N2S. The largest absolute Gasteiger partial charge is 0.327 e. The van der Waals surface area contributed by atoms with Crippen molar-refractivity contribution in [2.24, 2.45) is 0 Å². The second-order valence-corrected chi connectivity index (χ2v) is 7.20. The molecule has 0 spiro atoms. The molecule has 90 valence electrons. The Labute approximate surface area is 106 Å². The summed E-state index contributed by atoms with van der Waals surface area (Å²) in [5.74, 6) is 1.25. The lowest BCUT2D eigenvalue weighted by atomic mass is 9.99. The molecule has 1 aliphatic heterocycles. The molecule has 2 aromatic rings. The molecule has 0 bridgehead atoms. The molecule has 1 aromatic carbocycles. The van der Waals surface area contributed by atoms with E-state index in [1.54, 1.807) is 0 Å². The zero-order chi connectivity index (χ0) is 11.9. The molecule has 0 N–H and O–H groups in total. The van der Waals surface area contributed by atoms with Crippen LogP contribution < -0.4 is 0 Å². The standard InChI is InChI=1S/C14H18N2S/c1-14(2)9-11(7-8-17-14)16-10-15-12-5-3-4-6-13(12)16/h3-6,10-11H,7-9H2,1-2H3. The highest BCUT2D eigenvalue weighted by Gasteiger charge is 2.29. The molecule has 2 heterocycles. The average molecular weight is 246 g/mol. The summed E-state index contributed by atoms with van der Waals surface area (Å²) >= 11 is 2.09. The number of benzene rings is 1. The quantitative estimate of drug-likeness (QED) is 0.760. The van der Waals surface area contributed by atoms with Crippen molar-refractivity contribution in [3.63, 3.8) is 0 Å². The summed E-state index contributed by atoms with van der Waals surface area (Å²) in [6, 6.07) is 9.04. The van der Waals surface area contributed by atoms with Crippen molar-refractivity contribution >= 4 is 22.8 Å². The van der Waals surface area contributed by atoms with Crippen molar-refractivity contribution in [1.82, 2.24) is 9.55 Å². The molecule has 0 aliphatic carbocycles. The number of aromatic nitrogens is 2. The molecule has 0 amide bonds. The summed E-state index contributed by atoms with van der Waals surface area (Å²) in [5.41, 5.74) is 2.39. The van der Waals surface area contributed by atoms with Gasteiger partial charge in [-0.2, -0.15) is 11.8 Å². The van der Waals surface area contributed by atoms with E-state index in [4.69, 9.17) is 0 Å². The van der Waals surface area contributed by atoms with Gasteiger partial charge >= 0.3 is 0 Å². The van der Waals surface area contributed by atoms with E-state index >= 15 is 0 Å². The summed E-state index contributed by atoms with van der Waals surface area (Å²) in [5, 5.41) is 0. The Morgan fingerprint density at radius 2 is 2.18 bits per heavy atom. The molecule has 0 radical (unpaired) electrons. The highest BCUT2D eigenvalue weighted by atomic mass is 32.2. The maximum absolute atomic E-state index is 4.50. The minimum absolute atomic E-state index is 0.397. The van der Waals surface area contributed by atoms with Gasteiger partial charge in [0.25, 0.3) is 0 Å². The van der Waals surface area contributed by atoms with E-state index in [-0.39, 0.29) is 0 Å². The van der Waals surface area contributed by atoms with Crippen LogP contribution in [0.25, 0.3) is 11.0 Å². The fourth-order valence-corrected chi connectivity index (χ4v) is 3.96. The second-order valence-electron chi connectivity index (χ2n) is 5.40. The highest BCUT2D eigenvalue weighted by molar-refractivity contribution is 8.00. The van der Waals surface area contributed by atoms with Crippen LogP contribution >= 0.6 is 11.8 Å². The van der Waals surface area contributed by atoms with Gasteiger partial charge in [0.2, 0.25) is 0 Å². The van der Waals surface area contributed by atoms with Crippen LogP contribution in [0.3, 0.4) is 0 Å². The minimum Gasteiger partial charge on any atom is -0.327 e. The van der Waals surface area contributed by atoms with E-state index in [9.17, 15) is 0 Å². The van der Waals surface area contributed by atoms with Crippen molar-refractivity contribution in [2.45, 2.75) is 37.5 Å². The van der Waals surface area contributed by atoms with Gasteiger partial charge in [0, 0.05) is 10.8 Å². The van der Waals surface area contributed by atoms with Crippen molar-refractivity contribution in [3.8, 4) is 0 Å². The molecule has 0 saturated carbocycles. The molecular weight excluding hydrogens is 228 g/mol. The summed E-state index contributed by atoms with van der Waals surface area (Å²) in [7, 11) is 0. The summed E-state index contributed by atoms with van der Waals surface area (Å²) in [4.78, 5) is 4.50. The zero-order valence-electron chi connectivity index (χ0n) is 10.4. The predicted octanol–water partition coefficient (Wildman–Crippen LogP) is 3.88. The van der Waals surface area contributed by atoms with Gasteiger partial charge in [-0.05, 0) is 30.7 Å². The van der Waals surface area contributed by atoms with E-state index in [0.29, 0.717) is 10.8 Å². The summed E-state index contributed by atoms with van der Waals surface area (Å²) in [6.07, 6.45) is 4.51. The lowest BCUT2D eigenvalue weighted by Gasteiger charge is -2.35. The van der Waals surface area contributed by atoms with Crippen molar-refractivity contribution in [1.29, 1.82) is 0 Å². The molecule has 1 aromatic heterocycles. The van der Waals surface area contributed by atoms with Gasteiger partial charge in [-0.3, -0.25) is 0 Å². The van der Waals surface area contributed by atoms with E-state index < -0.39 is 0 Å². The van der Waals surface area contributed by atoms with Crippen LogP contribution in [0, 0.1) is 0 Å². The first-order valence-electron chi connectivity index (χ1n) is 6.21. The number of imidazole rings is 1. The third-order valence-corrected chi connectivity index (χ3v) is 4.93. The Balaban J connectivity index is 1.98. The number of fused-ring (bicyclic) bond motifs is 1. The third-order valence-electron chi connectivity index (χ3n) is 3.55. The van der Waals surface area contributed by atoms with Crippen LogP contribution in [0.4, 0.5) is 0 Å². The maximum Gasteiger partial charge on any atom is 0.0960 e. The molecule has 1 atom stereocenters. The Kier molecular flexibility index (Phi) is 2.66. The number of thioether (sulfide) groups is 1. The zero-order valence-corrected chi connectivity index (χ0v) is 11.2. The first-order valence-corrected chi connectivity index (χ1v) is 7.20. The number of hydrogen-bond acceptors (Lipinski definition) is 2. The fourth-order valence-electron chi connectivity index (χ4n) is 2.71. The number of nitrogens with zero attached hydrogens (tertiary/aromatic N) is 2. The Morgan fingerprint density at radius 1 is 1.35 bits per heavy atom. The lowest BCUT2D eigenvalue weighted by Crippen LogP contribution is -2.27. The van der Waals surface area contributed by atoms with Crippen molar-refractivity contribution in [2.75, 3.05) is 5.75 Å². The molecule has 3 heteroatoms. The Bertz CT molecular complexity index is 530. The summed E-state index contributed by atoms with van der Waals surface area (Å²) < 4.78 is 2.77. The van der Waals surface area contributed by atoms with Crippen LogP contribution in [0.2, 0.25) is 0 Å². The monoisotopic (exact) mass is 246 g/mol.